The summed E-state index contributed by atoms with van der Waals surface area (Å²) in [4.78, 5) is 23.6. The van der Waals surface area contributed by atoms with Gasteiger partial charge < -0.3 is 10.1 Å². The molecule has 0 saturated heterocycles. The van der Waals surface area contributed by atoms with E-state index in [1.165, 1.54) is 13.2 Å². The minimum atomic E-state index is -0.483. The summed E-state index contributed by atoms with van der Waals surface area (Å²) in [5.74, 6) is -0.802. The monoisotopic (exact) mass is 303 g/mol. The number of aryl methyl sites for hydroxylation is 1. The fourth-order valence-corrected chi connectivity index (χ4v) is 1.96. The van der Waals surface area contributed by atoms with Crippen molar-refractivity contribution in [3.05, 3.63) is 64.2 Å². The second kappa shape index (κ2) is 6.41. The zero-order chi connectivity index (χ0) is 15.4. The van der Waals surface area contributed by atoms with Gasteiger partial charge in [-0.25, -0.2) is 4.79 Å². The summed E-state index contributed by atoms with van der Waals surface area (Å²) >= 11 is 6.02. The van der Waals surface area contributed by atoms with Crippen LogP contribution < -0.4 is 5.32 Å². The molecule has 0 bridgehead atoms. The van der Waals surface area contributed by atoms with E-state index in [0.717, 1.165) is 5.56 Å². The Kier molecular flexibility index (Phi) is 4.60. The van der Waals surface area contributed by atoms with E-state index in [0.29, 0.717) is 21.8 Å². The number of halogens is 1. The van der Waals surface area contributed by atoms with Crippen molar-refractivity contribution in [3.63, 3.8) is 0 Å². The first-order valence-electron chi connectivity index (χ1n) is 6.27. The lowest BCUT2D eigenvalue weighted by molar-refractivity contribution is 0.0600. The molecule has 0 aromatic heterocycles. The first-order chi connectivity index (χ1) is 10.0. The average Bonchev–Trinajstić information content (AvgIpc) is 2.50. The Balaban J connectivity index is 2.20. The van der Waals surface area contributed by atoms with Gasteiger partial charge in [0.2, 0.25) is 0 Å². The number of amides is 1. The highest BCUT2D eigenvalue weighted by Crippen LogP contribution is 2.20. The maximum absolute atomic E-state index is 12.2. The van der Waals surface area contributed by atoms with Crippen LogP contribution in [-0.4, -0.2) is 19.0 Å². The van der Waals surface area contributed by atoms with Crippen LogP contribution in [0.25, 0.3) is 0 Å². The van der Waals surface area contributed by atoms with Crippen molar-refractivity contribution in [3.8, 4) is 0 Å². The Labute approximate surface area is 127 Å². The van der Waals surface area contributed by atoms with Crippen molar-refractivity contribution in [2.75, 3.05) is 12.4 Å². The molecule has 21 heavy (non-hydrogen) atoms. The van der Waals surface area contributed by atoms with Crippen molar-refractivity contribution in [2.24, 2.45) is 0 Å². The van der Waals surface area contributed by atoms with Crippen LogP contribution in [0.15, 0.2) is 42.5 Å². The van der Waals surface area contributed by atoms with Crippen molar-refractivity contribution in [2.45, 2.75) is 6.92 Å². The van der Waals surface area contributed by atoms with E-state index in [1.54, 1.807) is 30.3 Å². The maximum atomic E-state index is 12.2. The summed E-state index contributed by atoms with van der Waals surface area (Å²) < 4.78 is 4.63. The van der Waals surface area contributed by atoms with E-state index < -0.39 is 5.97 Å². The second-order valence-corrected chi connectivity index (χ2v) is 4.90. The second-order valence-electron chi connectivity index (χ2n) is 4.49. The molecule has 0 heterocycles. The number of anilines is 1. The number of hydrogen-bond acceptors (Lipinski definition) is 3. The third kappa shape index (κ3) is 3.61. The van der Waals surface area contributed by atoms with Crippen molar-refractivity contribution >= 4 is 29.2 Å². The van der Waals surface area contributed by atoms with Crippen LogP contribution in [0.2, 0.25) is 5.02 Å². The average molecular weight is 304 g/mol. The number of hydrogen-bond donors (Lipinski definition) is 1. The van der Waals surface area contributed by atoms with Gasteiger partial charge in [-0.2, -0.15) is 0 Å². The molecule has 0 aliphatic carbocycles. The Morgan fingerprint density at radius 3 is 2.48 bits per heavy atom. The minimum absolute atomic E-state index is 0.319. The molecule has 2 aromatic rings. The standard InChI is InChI=1S/C16H14ClNO3/c1-10-6-7-13(9-14(10)17)18-15(19)11-4-3-5-12(8-11)16(20)21-2/h3-9H,1-2H3,(H,18,19). The summed E-state index contributed by atoms with van der Waals surface area (Å²) in [7, 11) is 1.30. The Morgan fingerprint density at radius 2 is 1.81 bits per heavy atom. The quantitative estimate of drug-likeness (QED) is 0.880. The van der Waals surface area contributed by atoms with E-state index in [-0.39, 0.29) is 5.91 Å². The van der Waals surface area contributed by atoms with Crippen molar-refractivity contribution < 1.29 is 14.3 Å². The molecule has 0 aliphatic rings. The van der Waals surface area contributed by atoms with Crippen LogP contribution in [0, 0.1) is 6.92 Å². The number of nitrogens with one attached hydrogen (secondary N) is 1. The number of carbonyl (C=O) groups is 2. The van der Waals surface area contributed by atoms with E-state index in [1.807, 2.05) is 13.0 Å². The van der Waals surface area contributed by atoms with Gasteiger partial charge in [-0.1, -0.05) is 23.7 Å². The number of ether oxygens (including phenoxy) is 1. The molecule has 0 aliphatic heterocycles. The van der Waals surface area contributed by atoms with Crippen LogP contribution in [0.3, 0.4) is 0 Å². The predicted octanol–water partition coefficient (Wildman–Crippen LogP) is 3.69. The summed E-state index contributed by atoms with van der Waals surface area (Å²) in [6.45, 7) is 1.88. The Morgan fingerprint density at radius 1 is 1.10 bits per heavy atom. The van der Waals surface area contributed by atoms with Gasteiger partial charge in [-0.3, -0.25) is 4.79 Å². The van der Waals surface area contributed by atoms with Crippen LogP contribution in [0.1, 0.15) is 26.3 Å². The van der Waals surface area contributed by atoms with Crippen LogP contribution in [-0.2, 0) is 4.74 Å². The van der Waals surface area contributed by atoms with Gasteiger partial charge in [0.05, 0.1) is 12.7 Å². The normalized spacial score (nSPS) is 10.0. The molecule has 1 N–H and O–H groups in total. The molecule has 2 rings (SSSR count). The fraction of sp³-hybridized carbons (Fsp3) is 0.125. The van der Waals surface area contributed by atoms with Gasteiger partial charge in [-0.15, -0.1) is 0 Å². The fourth-order valence-electron chi connectivity index (χ4n) is 1.78. The predicted molar refractivity (Wildman–Crippen MR) is 81.9 cm³/mol. The zero-order valence-corrected chi connectivity index (χ0v) is 12.4. The van der Waals surface area contributed by atoms with Crippen LogP contribution in [0.5, 0.6) is 0 Å². The summed E-state index contributed by atoms with van der Waals surface area (Å²) in [6, 6.07) is 11.6. The van der Waals surface area contributed by atoms with Gasteiger partial charge in [0.1, 0.15) is 0 Å². The molecule has 0 unspecified atom stereocenters. The number of carbonyl (C=O) groups excluding carboxylic acids is 2. The number of rotatable bonds is 3. The highest BCUT2D eigenvalue weighted by atomic mass is 35.5. The van der Waals surface area contributed by atoms with Gasteiger partial charge in [0.15, 0.2) is 0 Å². The summed E-state index contributed by atoms with van der Waals surface area (Å²) in [5.41, 5.74) is 2.23. The molecule has 0 fully saturated rings. The third-order valence-corrected chi connectivity index (χ3v) is 3.38. The summed E-state index contributed by atoms with van der Waals surface area (Å²) in [5, 5.41) is 3.31. The molecular formula is C16H14ClNO3. The maximum Gasteiger partial charge on any atom is 0.337 e. The number of benzene rings is 2. The number of esters is 1. The Hall–Kier alpha value is -2.33. The highest BCUT2D eigenvalue weighted by Gasteiger charge is 2.11. The lowest BCUT2D eigenvalue weighted by Crippen LogP contribution is -2.13. The van der Waals surface area contributed by atoms with Crippen molar-refractivity contribution in [1.82, 2.24) is 0 Å². The largest absolute Gasteiger partial charge is 0.465 e. The highest BCUT2D eigenvalue weighted by molar-refractivity contribution is 6.31. The van der Waals surface area contributed by atoms with Crippen LogP contribution in [0.4, 0.5) is 5.69 Å². The molecule has 1 amide bonds. The molecule has 4 nitrogen and oxygen atoms in total. The molecule has 108 valence electrons. The van der Waals surface area contributed by atoms with E-state index in [9.17, 15) is 9.59 Å². The Bertz CT molecular complexity index is 698. The van der Waals surface area contributed by atoms with E-state index >= 15 is 0 Å². The SMILES string of the molecule is COC(=O)c1cccc(C(=O)Nc2ccc(C)c(Cl)c2)c1. The van der Waals surface area contributed by atoms with Gasteiger partial charge in [-0.05, 0) is 42.8 Å². The third-order valence-electron chi connectivity index (χ3n) is 2.98. The first kappa shape index (κ1) is 15.1. The molecule has 0 saturated carbocycles. The zero-order valence-electron chi connectivity index (χ0n) is 11.6. The molecule has 5 heteroatoms. The molecular weight excluding hydrogens is 290 g/mol. The smallest absolute Gasteiger partial charge is 0.337 e. The van der Waals surface area contributed by atoms with Gasteiger partial charge >= 0.3 is 5.97 Å². The minimum Gasteiger partial charge on any atom is -0.465 e. The number of methoxy groups -OCH3 is 1. The summed E-state index contributed by atoms with van der Waals surface area (Å²) in [6.07, 6.45) is 0. The molecule has 0 spiro atoms. The first-order valence-corrected chi connectivity index (χ1v) is 6.65. The van der Waals surface area contributed by atoms with E-state index in [4.69, 9.17) is 11.6 Å². The molecule has 2 aromatic carbocycles. The molecule has 0 atom stereocenters. The van der Waals surface area contributed by atoms with Gasteiger partial charge in [0, 0.05) is 16.3 Å². The van der Waals surface area contributed by atoms with Crippen molar-refractivity contribution in [1.29, 1.82) is 0 Å². The van der Waals surface area contributed by atoms with Crippen LogP contribution >= 0.6 is 11.6 Å². The topological polar surface area (TPSA) is 55.4 Å². The molecule has 0 radical (unpaired) electrons. The van der Waals surface area contributed by atoms with Gasteiger partial charge in [0.25, 0.3) is 5.91 Å². The lowest BCUT2D eigenvalue weighted by Gasteiger charge is -2.08. The lowest BCUT2D eigenvalue weighted by atomic mass is 10.1. The van der Waals surface area contributed by atoms with E-state index in [2.05, 4.69) is 10.1 Å².